The number of hydrogen-bond donors (Lipinski definition) is 2. The van der Waals surface area contributed by atoms with Gasteiger partial charge in [-0.05, 0) is 0 Å². The minimum absolute atomic E-state index is 0.0926. The number of carboxylic acid groups (broad SMARTS) is 1. The largest absolute Gasteiger partial charge is 0.481 e. The van der Waals surface area contributed by atoms with Crippen LogP contribution in [0.5, 0.6) is 0 Å². The Balaban J connectivity index is 1.92. The minimum atomic E-state index is -0.917. The van der Waals surface area contributed by atoms with Crippen LogP contribution in [-0.2, 0) is 11.3 Å². The number of nitrogens with zero attached hydrogens (tertiary/aromatic N) is 3. The van der Waals surface area contributed by atoms with Crippen molar-refractivity contribution < 1.29 is 9.90 Å². The molecule has 9 heteroatoms. The van der Waals surface area contributed by atoms with Gasteiger partial charge in [-0.3, -0.25) is 14.3 Å². The molecule has 0 saturated carbocycles. The number of aliphatic carboxylic acids is 1. The van der Waals surface area contributed by atoms with Crippen LogP contribution in [0.25, 0.3) is 0 Å². The highest BCUT2D eigenvalue weighted by Crippen LogP contribution is 2.13. The van der Waals surface area contributed by atoms with Gasteiger partial charge in [0, 0.05) is 37.7 Å². The van der Waals surface area contributed by atoms with Gasteiger partial charge in [-0.1, -0.05) is 11.8 Å². The molecule has 0 aromatic carbocycles. The normalized spacial score (nSPS) is 16.6. The lowest BCUT2D eigenvalue weighted by Crippen LogP contribution is -2.36. The van der Waals surface area contributed by atoms with Crippen molar-refractivity contribution in [3.05, 3.63) is 10.5 Å². The van der Waals surface area contributed by atoms with Crippen molar-refractivity contribution in [1.82, 2.24) is 19.7 Å². The SMILES string of the molecule is O=C(O)CSc1n[nH]c(=O)n1CCN1CCSCC1. The van der Waals surface area contributed by atoms with E-state index in [1.165, 1.54) is 4.57 Å². The average Bonchev–Trinajstić information content (AvgIpc) is 2.76. The van der Waals surface area contributed by atoms with Crippen LogP contribution in [0.2, 0.25) is 0 Å². The number of aromatic nitrogens is 3. The van der Waals surface area contributed by atoms with Gasteiger partial charge in [0.2, 0.25) is 0 Å². The van der Waals surface area contributed by atoms with Gasteiger partial charge in [0.05, 0.1) is 5.75 Å². The van der Waals surface area contributed by atoms with Crippen molar-refractivity contribution >= 4 is 29.5 Å². The zero-order chi connectivity index (χ0) is 13.7. The summed E-state index contributed by atoms with van der Waals surface area (Å²) in [4.78, 5) is 24.5. The molecule has 19 heavy (non-hydrogen) atoms. The monoisotopic (exact) mass is 304 g/mol. The van der Waals surface area contributed by atoms with Crippen molar-refractivity contribution in [3.63, 3.8) is 0 Å². The van der Waals surface area contributed by atoms with E-state index in [0.717, 1.165) is 42.9 Å². The summed E-state index contributed by atoms with van der Waals surface area (Å²) in [6.07, 6.45) is 0. The van der Waals surface area contributed by atoms with Gasteiger partial charge >= 0.3 is 11.7 Å². The van der Waals surface area contributed by atoms with E-state index in [1.807, 2.05) is 11.8 Å². The predicted molar refractivity (Wildman–Crippen MR) is 75.0 cm³/mol. The maximum absolute atomic E-state index is 11.6. The first-order valence-corrected chi connectivity index (χ1v) is 8.11. The Hall–Kier alpha value is -0.930. The molecule has 0 spiro atoms. The van der Waals surface area contributed by atoms with Crippen LogP contribution in [0.3, 0.4) is 0 Å². The lowest BCUT2D eigenvalue weighted by atomic mass is 10.4. The van der Waals surface area contributed by atoms with Gasteiger partial charge in [-0.15, -0.1) is 5.10 Å². The standard InChI is InChI=1S/C10H16N4O3S2/c15-8(16)7-19-10-12-11-9(17)14(10)2-1-13-3-5-18-6-4-13/h1-7H2,(H,11,17)(H,15,16). The van der Waals surface area contributed by atoms with Gasteiger partial charge < -0.3 is 5.11 Å². The minimum Gasteiger partial charge on any atom is -0.481 e. The molecule has 0 radical (unpaired) electrons. The molecule has 1 aromatic heterocycles. The van der Waals surface area contributed by atoms with Crippen LogP contribution in [0.4, 0.5) is 0 Å². The lowest BCUT2D eigenvalue weighted by molar-refractivity contribution is -0.133. The number of carboxylic acids is 1. The zero-order valence-electron chi connectivity index (χ0n) is 10.4. The van der Waals surface area contributed by atoms with Gasteiger partial charge in [0.25, 0.3) is 0 Å². The third-order valence-electron chi connectivity index (χ3n) is 2.79. The first-order chi connectivity index (χ1) is 9.16. The molecule has 0 unspecified atom stereocenters. The summed E-state index contributed by atoms with van der Waals surface area (Å²) in [7, 11) is 0. The van der Waals surface area contributed by atoms with E-state index in [2.05, 4.69) is 15.1 Å². The first kappa shape index (κ1) is 14.5. The first-order valence-electron chi connectivity index (χ1n) is 5.96. The molecule has 1 aliphatic rings. The highest BCUT2D eigenvalue weighted by molar-refractivity contribution is 7.99. The summed E-state index contributed by atoms with van der Waals surface area (Å²) >= 11 is 3.00. The second kappa shape index (κ2) is 7.01. The molecule has 0 bridgehead atoms. The Morgan fingerprint density at radius 3 is 2.84 bits per heavy atom. The molecule has 1 fully saturated rings. The average molecular weight is 304 g/mol. The molecule has 2 N–H and O–H groups in total. The zero-order valence-corrected chi connectivity index (χ0v) is 12.0. The Morgan fingerprint density at radius 1 is 1.42 bits per heavy atom. The van der Waals surface area contributed by atoms with Crippen LogP contribution in [0.1, 0.15) is 0 Å². The Morgan fingerprint density at radius 2 is 2.16 bits per heavy atom. The van der Waals surface area contributed by atoms with Crippen LogP contribution in [0.15, 0.2) is 9.95 Å². The molecule has 1 aliphatic heterocycles. The maximum Gasteiger partial charge on any atom is 0.344 e. The van der Waals surface area contributed by atoms with Crippen LogP contribution in [0, 0.1) is 0 Å². The van der Waals surface area contributed by atoms with E-state index in [-0.39, 0.29) is 11.4 Å². The number of nitrogens with one attached hydrogen (secondary N) is 1. The third-order valence-corrected chi connectivity index (χ3v) is 4.70. The summed E-state index contributed by atoms with van der Waals surface area (Å²) in [5.74, 6) is 1.24. The van der Waals surface area contributed by atoms with E-state index in [4.69, 9.17) is 5.11 Å². The van der Waals surface area contributed by atoms with E-state index in [1.54, 1.807) is 0 Å². The molecule has 0 aliphatic carbocycles. The number of carbonyl (C=O) groups is 1. The highest BCUT2D eigenvalue weighted by Gasteiger charge is 2.14. The molecule has 7 nitrogen and oxygen atoms in total. The van der Waals surface area contributed by atoms with E-state index >= 15 is 0 Å². The number of H-pyrrole nitrogens is 1. The third kappa shape index (κ3) is 4.29. The van der Waals surface area contributed by atoms with Gasteiger partial charge in [0.1, 0.15) is 0 Å². The summed E-state index contributed by atoms with van der Waals surface area (Å²) in [5.41, 5.74) is -0.278. The van der Waals surface area contributed by atoms with Crippen molar-refractivity contribution in [3.8, 4) is 0 Å². The fourth-order valence-corrected chi connectivity index (χ4v) is 3.47. The van der Waals surface area contributed by atoms with Gasteiger partial charge in [0.15, 0.2) is 5.16 Å². The molecule has 2 rings (SSSR count). The number of rotatable bonds is 6. The molecule has 0 atom stereocenters. The fourth-order valence-electron chi connectivity index (χ4n) is 1.80. The predicted octanol–water partition coefficient (Wildman–Crippen LogP) is -0.203. The van der Waals surface area contributed by atoms with Crippen LogP contribution < -0.4 is 5.69 Å². The summed E-state index contributed by atoms with van der Waals surface area (Å²) < 4.78 is 1.51. The Bertz CT molecular complexity index is 481. The molecule has 1 saturated heterocycles. The van der Waals surface area contributed by atoms with Gasteiger partial charge in [-0.2, -0.15) is 11.8 Å². The van der Waals surface area contributed by atoms with E-state index in [9.17, 15) is 9.59 Å². The van der Waals surface area contributed by atoms with Crippen molar-refractivity contribution in [2.45, 2.75) is 11.7 Å². The summed E-state index contributed by atoms with van der Waals surface area (Å²) in [5, 5.41) is 15.3. The summed E-state index contributed by atoms with van der Waals surface area (Å²) in [6.45, 7) is 3.41. The highest BCUT2D eigenvalue weighted by atomic mass is 32.2. The molecule has 0 amide bonds. The van der Waals surface area contributed by atoms with Crippen molar-refractivity contribution in [2.24, 2.45) is 0 Å². The van der Waals surface area contributed by atoms with Crippen molar-refractivity contribution in [1.29, 1.82) is 0 Å². The number of hydrogen-bond acceptors (Lipinski definition) is 6. The summed E-state index contributed by atoms with van der Waals surface area (Å²) in [6, 6.07) is 0. The quantitative estimate of drug-likeness (QED) is 0.703. The van der Waals surface area contributed by atoms with E-state index in [0.29, 0.717) is 11.7 Å². The lowest BCUT2D eigenvalue weighted by Gasteiger charge is -2.26. The Labute approximate surface area is 118 Å². The number of thioether (sulfide) groups is 2. The molecule has 106 valence electrons. The van der Waals surface area contributed by atoms with Crippen LogP contribution >= 0.6 is 23.5 Å². The van der Waals surface area contributed by atoms with Gasteiger partial charge in [-0.25, -0.2) is 9.89 Å². The molecular formula is C10H16N4O3S2. The molecule has 1 aromatic rings. The topological polar surface area (TPSA) is 91.2 Å². The van der Waals surface area contributed by atoms with Crippen LogP contribution in [-0.4, -0.2) is 67.6 Å². The smallest absolute Gasteiger partial charge is 0.344 e. The fraction of sp³-hybridized carbons (Fsp3) is 0.700. The second-order valence-electron chi connectivity index (χ2n) is 4.10. The van der Waals surface area contributed by atoms with E-state index < -0.39 is 5.97 Å². The van der Waals surface area contributed by atoms with Crippen molar-refractivity contribution in [2.75, 3.05) is 36.9 Å². The Kier molecular flexibility index (Phi) is 5.34. The molecular weight excluding hydrogens is 288 g/mol. The molecule has 2 heterocycles. The second-order valence-corrected chi connectivity index (χ2v) is 6.27. The maximum atomic E-state index is 11.6. The number of aromatic amines is 1.